The topological polar surface area (TPSA) is 145 Å². The second-order valence-corrected chi connectivity index (χ2v) is 9.15. The van der Waals surface area contributed by atoms with Crippen LogP contribution in [0.1, 0.15) is 49.2 Å². The normalized spacial score (nSPS) is 17.1. The number of aromatic nitrogens is 2. The van der Waals surface area contributed by atoms with Crippen molar-refractivity contribution in [3.63, 3.8) is 0 Å². The zero-order valence-corrected chi connectivity index (χ0v) is 20.0. The number of likely N-dealkylation sites (tertiary alicyclic amines) is 1. The summed E-state index contributed by atoms with van der Waals surface area (Å²) in [5.74, 6) is -2.05. The highest BCUT2D eigenvalue weighted by Crippen LogP contribution is 2.20. The molecule has 0 saturated carbocycles. The third-order valence-electron chi connectivity index (χ3n) is 5.95. The van der Waals surface area contributed by atoms with Crippen LogP contribution < -0.4 is 10.6 Å². The molecule has 0 bridgehead atoms. The average molecular weight is 481 g/mol. The van der Waals surface area contributed by atoms with Gasteiger partial charge in [0.2, 0.25) is 11.8 Å². The summed E-state index contributed by atoms with van der Waals surface area (Å²) in [6.07, 6.45) is 5.85. The van der Waals surface area contributed by atoms with E-state index in [4.69, 9.17) is 0 Å². The summed E-state index contributed by atoms with van der Waals surface area (Å²) >= 11 is 0. The summed E-state index contributed by atoms with van der Waals surface area (Å²) in [6, 6.07) is 7.43. The summed E-state index contributed by atoms with van der Waals surface area (Å²) in [5, 5.41) is 25.0. The van der Waals surface area contributed by atoms with E-state index in [2.05, 4.69) is 20.6 Å². The van der Waals surface area contributed by atoms with Gasteiger partial charge in [0.05, 0.1) is 12.1 Å². The van der Waals surface area contributed by atoms with Crippen molar-refractivity contribution >= 4 is 24.8 Å². The van der Waals surface area contributed by atoms with Gasteiger partial charge in [0.15, 0.2) is 0 Å². The van der Waals surface area contributed by atoms with Crippen LogP contribution in [0.4, 0.5) is 0 Å². The van der Waals surface area contributed by atoms with Crippen molar-refractivity contribution in [2.45, 2.75) is 57.6 Å². The molecular weight excluding hydrogens is 449 g/mol. The van der Waals surface area contributed by atoms with Crippen LogP contribution in [0, 0.1) is 5.92 Å². The lowest BCUT2D eigenvalue weighted by atomic mass is 9.77. The van der Waals surface area contributed by atoms with Gasteiger partial charge in [-0.15, -0.1) is 0 Å². The molecule has 4 N–H and O–H groups in total. The van der Waals surface area contributed by atoms with Crippen molar-refractivity contribution in [3.05, 3.63) is 60.2 Å². The fourth-order valence-corrected chi connectivity index (χ4v) is 4.25. The number of hydrogen-bond donors (Lipinski definition) is 4. The van der Waals surface area contributed by atoms with Gasteiger partial charge in [0, 0.05) is 25.4 Å². The van der Waals surface area contributed by atoms with E-state index in [1.165, 1.54) is 23.5 Å². The van der Waals surface area contributed by atoms with E-state index >= 15 is 0 Å². The molecule has 1 aromatic heterocycles. The Labute approximate surface area is 205 Å². The standard InChI is InChI=1S/C24H32BN5O5/c1-16(2)13-18(28-23(32)20-15-26-10-11-27-20)22(31)29-19(14-17-7-4-3-5-8-17)24(33)30-12-6-9-21(30)25(34)35/h3-5,7-8,10-11,15-16,18-19,21,34-35H,6,9,12-14H2,1-2H3,(H,28,32)(H,29,31)/t18-,19-,21-/m0/s1. The minimum absolute atomic E-state index is 0.0859. The molecule has 1 aliphatic rings. The predicted octanol–water partition coefficient (Wildman–Crippen LogP) is 0.352. The Hall–Kier alpha value is -3.31. The van der Waals surface area contributed by atoms with E-state index in [0.29, 0.717) is 25.8 Å². The lowest BCUT2D eigenvalue weighted by Gasteiger charge is -2.30. The first kappa shape index (κ1) is 26.3. The molecule has 11 heteroatoms. The fourth-order valence-electron chi connectivity index (χ4n) is 4.25. The second-order valence-electron chi connectivity index (χ2n) is 9.15. The van der Waals surface area contributed by atoms with Crippen LogP contribution in [0.15, 0.2) is 48.9 Å². The van der Waals surface area contributed by atoms with Crippen molar-refractivity contribution in [1.82, 2.24) is 25.5 Å². The Morgan fingerprint density at radius 1 is 1.11 bits per heavy atom. The number of nitrogens with one attached hydrogen (secondary N) is 2. The van der Waals surface area contributed by atoms with Crippen molar-refractivity contribution in [2.75, 3.05) is 6.54 Å². The molecule has 2 aromatic rings. The van der Waals surface area contributed by atoms with Crippen LogP contribution in [-0.4, -0.2) is 74.3 Å². The Kier molecular flexibility index (Phi) is 9.33. The molecule has 3 amide bonds. The summed E-state index contributed by atoms with van der Waals surface area (Å²) in [4.78, 5) is 48.8. The smallest absolute Gasteiger partial charge is 0.426 e. The van der Waals surface area contributed by atoms with Crippen LogP contribution in [0.25, 0.3) is 0 Å². The number of carbonyl (C=O) groups excluding carboxylic acids is 3. The second kappa shape index (κ2) is 12.4. The molecule has 0 spiro atoms. The Bertz CT molecular complexity index is 992. The molecule has 2 heterocycles. The lowest BCUT2D eigenvalue weighted by Crippen LogP contribution is -2.57. The highest BCUT2D eigenvalue weighted by atomic mass is 16.4. The van der Waals surface area contributed by atoms with Gasteiger partial charge in [-0.05, 0) is 30.7 Å². The largest absolute Gasteiger partial charge is 0.475 e. The molecule has 0 radical (unpaired) electrons. The van der Waals surface area contributed by atoms with Crippen molar-refractivity contribution < 1.29 is 24.4 Å². The first-order chi connectivity index (χ1) is 16.8. The van der Waals surface area contributed by atoms with E-state index in [0.717, 1.165) is 5.56 Å². The molecule has 1 saturated heterocycles. The van der Waals surface area contributed by atoms with Gasteiger partial charge in [-0.1, -0.05) is 44.2 Å². The minimum Gasteiger partial charge on any atom is -0.426 e. The van der Waals surface area contributed by atoms with Gasteiger partial charge >= 0.3 is 7.12 Å². The van der Waals surface area contributed by atoms with E-state index in [9.17, 15) is 24.4 Å². The van der Waals surface area contributed by atoms with Gasteiger partial charge in [0.1, 0.15) is 17.8 Å². The molecule has 1 aliphatic heterocycles. The van der Waals surface area contributed by atoms with Gasteiger partial charge in [0.25, 0.3) is 5.91 Å². The quantitative estimate of drug-likeness (QED) is 0.359. The van der Waals surface area contributed by atoms with Crippen molar-refractivity contribution in [3.8, 4) is 0 Å². The maximum Gasteiger partial charge on any atom is 0.475 e. The van der Waals surface area contributed by atoms with Crippen LogP contribution in [-0.2, 0) is 16.0 Å². The predicted molar refractivity (Wildman–Crippen MR) is 130 cm³/mol. The zero-order valence-electron chi connectivity index (χ0n) is 20.0. The van der Waals surface area contributed by atoms with Gasteiger partial charge in [-0.25, -0.2) is 4.98 Å². The monoisotopic (exact) mass is 481 g/mol. The van der Waals surface area contributed by atoms with Gasteiger partial charge < -0.3 is 25.6 Å². The molecule has 3 rings (SSSR count). The average Bonchev–Trinajstić information content (AvgIpc) is 3.34. The molecule has 3 atom stereocenters. The molecule has 0 aliphatic carbocycles. The van der Waals surface area contributed by atoms with Crippen LogP contribution >= 0.6 is 0 Å². The summed E-state index contributed by atoms with van der Waals surface area (Å²) in [6.45, 7) is 4.23. The van der Waals surface area contributed by atoms with Gasteiger partial charge in [-0.2, -0.15) is 0 Å². The van der Waals surface area contributed by atoms with E-state index in [1.54, 1.807) is 0 Å². The fraction of sp³-hybridized carbons (Fsp3) is 0.458. The lowest BCUT2D eigenvalue weighted by molar-refractivity contribution is -0.137. The zero-order chi connectivity index (χ0) is 25.4. The van der Waals surface area contributed by atoms with Crippen molar-refractivity contribution in [1.29, 1.82) is 0 Å². The van der Waals surface area contributed by atoms with Crippen LogP contribution in [0.5, 0.6) is 0 Å². The summed E-state index contributed by atoms with van der Waals surface area (Å²) in [7, 11) is -1.66. The number of amides is 3. The minimum atomic E-state index is -1.66. The summed E-state index contributed by atoms with van der Waals surface area (Å²) in [5.41, 5.74) is 0.929. The molecule has 35 heavy (non-hydrogen) atoms. The number of nitrogens with zero attached hydrogens (tertiary/aromatic N) is 3. The molecule has 1 fully saturated rings. The maximum atomic E-state index is 13.5. The number of carbonyl (C=O) groups is 3. The number of benzene rings is 1. The van der Waals surface area contributed by atoms with E-state index in [1.807, 2.05) is 44.2 Å². The van der Waals surface area contributed by atoms with Crippen LogP contribution in [0.2, 0.25) is 0 Å². The Morgan fingerprint density at radius 3 is 2.49 bits per heavy atom. The molecular formula is C24H32BN5O5. The Balaban J connectivity index is 1.80. The Morgan fingerprint density at radius 2 is 1.86 bits per heavy atom. The number of hydrogen-bond acceptors (Lipinski definition) is 7. The number of rotatable bonds is 10. The summed E-state index contributed by atoms with van der Waals surface area (Å²) < 4.78 is 0. The third kappa shape index (κ3) is 7.34. The van der Waals surface area contributed by atoms with E-state index < -0.39 is 37.0 Å². The van der Waals surface area contributed by atoms with Crippen molar-refractivity contribution in [2.24, 2.45) is 5.92 Å². The highest BCUT2D eigenvalue weighted by molar-refractivity contribution is 6.43. The maximum absolute atomic E-state index is 13.5. The molecule has 1 aromatic carbocycles. The third-order valence-corrected chi connectivity index (χ3v) is 5.95. The SMILES string of the molecule is CC(C)C[C@H](NC(=O)c1cnccn1)C(=O)N[C@@H](Cc1ccccc1)C(=O)N1CCC[C@H]1B(O)O. The first-order valence-electron chi connectivity index (χ1n) is 11.8. The molecule has 186 valence electrons. The van der Waals surface area contributed by atoms with Gasteiger partial charge in [-0.3, -0.25) is 19.4 Å². The highest BCUT2D eigenvalue weighted by Gasteiger charge is 2.40. The van der Waals surface area contributed by atoms with Crippen LogP contribution in [0.3, 0.4) is 0 Å². The first-order valence-corrected chi connectivity index (χ1v) is 11.8. The molecule has 10 nitrogen and oxygen atoms in total. The van der Waals surface area contributed by atoms with E-state index in [-0.39, 0.29) is 23.9 Å². The molecule has 0 unspecified atom stereocenters.